The first-order chi connectivity index (χ1) is 12.3. The van der Waals surface area contributed by atoms with E-state index in [2.05, 4.69) is 21.2 Å². The Labute approximate surface area is 163 Å². The Morgan fingerprint density at radius 1 is 1.19 bits per heavy atom. The molecule has 138 valence electrons. The highest BCUT2D eigenvalue weighted by Crippen LogP contribution is 2.41. The molecule has 2 aromatic rings. The van der Waals surface area contributed by atoms with E-state index in [1.165, 1.54) is 0 Å². The third-order valence-electron chi connectivity index (χ3n) is 4.47. The van der Waals surface area contributed by atoms with Crippen molar-refractivity contribution < 1.29 is 13.2 Å². The number of sulfone groups is 1. The van der Waals surface area contributed by atoms with Gasteiger partial charge in [0, 0.05) is 4.47 Å². The maximum absolute atomic E-state index is 12.4. The predicted octanol–water partition coefficient (Wildman–Crippen LogP) is 3.94. The number of hydrogen-bond acceptors (Lipinski definition) is 3. The number of halogens is 1. The molecule has 1 atom stereocenters. The zero-order valence-electron chi connectivity index (χ0n) is 14.6. The Hall–Kier alpha value is -1.66. The van der Waals surface area contributed by atoms with Crippen molar-refractivity contribution in [3.63, 3.8) is 0 Å². The maximum Gasteiger partial charge on any atom is 0.235 e. The summed E-state index contributed by atoms with van der Waals surface area (Å²) < 4.78 is 25.6. The molecule has 4 nitrogen and oxygen atoms in total. The fourth-order valence-electron chi connectivity index (χ4n) is 3.02. The molecule has 0 saturated heterocycles. The molecule has 0 heterocycles. The molecule has 1 saturated carbocycles. The van der Waals surface area contributed by atoms with Crippen molar-refractivity contribution in [1.82, 2.24) is 5.32 Å². The molecule has 0 radical (unpaired) electrons. The number of nitrogens with one attached hydrogen (secondary N) is 1. The Morgan fingerprint density at radius 2 is 1.88 bits per heavy atom. The highest BCUT2D eigenvalue weighted by atomic mass is 79.9. The largest absolute Gasteiger partial charge is 0.348 e. The van der Waals surface area contributed by atoms with Crippen molar-refractivity contribution in [2.24, 2.45) is 5.92 Å². The minimum Gasteiger partial charge on any atom is -0.348 e. The second-order valence-corrected chi connectivity index (χ2v) is 9.94. The predicted molar refractivity (Wildman–Crippen MR) is 106 cm³/mol. The van der Waals surface area contributed by atoms with E-state index in [0.29, 0.717) is 11.5 Å². The summed E-state index contributed by atoms with van der Waals surface area (Å²) in [4.78, 5) is 12.4. The van der Waals surface area contributed by atoms with Gasteiger partial charge in [0.25, 0.3) is 0 Å². The average Bonchev–Trinajstić information content (AvgIpc) is 3.37. The van der Waals surface area contributed by atoms with E-state index >= 15 is 0 Å². The number of benzene rings is 2. The van der Waals surface area contributed by atoms with Crippen LogP contribution in [0.4, 0.5) is 0 Å². The van der Waals surface area contributed by atoms with E-state index in [1.54, 1.807) is 18.2 Å². The molecule has 1 aliphatic carbocycles. The molecule has 0 aliphatic heterocycles. The number of amides is 1. The van der Waals surface area contributed by atoms with Gasteiger partial charge in [-0.05, 0) is 48.9 Å². The van der Waals surface area contributed by atoms with E-state index in [1.807, 2.05) is 37.3 Å². The summed E-state index contributed by atoms with van der Waals surface area (Å²) in [6.45, 7) is 2.02. The van der Waals surface area contributed by atoms with Crippen molar-refractivity contribution in [2.75, 3.05) is 5.75 Å². The summed E-state index contributed by atoms with van der Waals surface area (Å²) in [5.41, 5.74) is 2.87. The van der Waals surface area contributed by atoms with Gasteiger partial charge in [0.2, 0.25) is 5.91 Å². The first-order valence-electron chi connectivity index (χ1n) is 8.63. The first-order valence-corrected chi connectivity index (χ1v) is 11.2. The summed E-state index contributed by atoms with van der Waals surface area (Å²) in [5, 5.41) is 2.94. The Kier molecular flexibility index (Phi) is 5.82. The van der Waals surface area contributed by atoms with Crippen LogP contribution in [0.3, 0.4) is 0 Å². The Morgan fingerprint density at radius 3 is 2.50 bits per heavy atom. The van der Waals surface area contributed by atoms with Crippen LogP contribution >= 0.6 is 15.9 Å². The molecule has 26 heavy (non-hydrogen) atoms. The molecule has 0 spiro atoms. The number of hydrogen-bond donors (Lipinski definition) is 1. The van der Waals surface area contributed by atoms with Crippen LogP contribution in [0.2, 0.25) is 0 Å². The van der Waals surface area contributed by atoms with Gasteiger partial charge in [0.15, 0.2) is 9.84 Å². The summed E-state index contributed by atoms with van der Waals surface area (Å²) in [5.74, 6) is -0.667. The van der Waals surface area contributed by atoms with E-state index in [9.17, 15) is 13.2 Å². The van der Waals surface area contributed by atoms with Gasteiger partial charge >= 0.3 is 0 Å². The zero-order chi connectivity index (χ0) is 18.7. The highest BCUT2D eigenvalue weighted by molar-refractivity contribution is 9.10. The molecule has 0 unspecified atom stereocenters. The highest BCUT2D eigenvalue weighted by Gasteiger charge is 2.34. The lowest BCUT2D eigenvalue weighted by Gasteiger charge is -2.19. The van der Waals surface area contributed by atoms with Gasteiger partial charge in [-0.3, -0.25) is 4.79 Å². The van der Waals surface area contributed by atoms with Crippen LogP contribution in [-0.2, 0) is 20.4 Å². The fourth-order valence-corrected chi connectivity index (χ4v) is 4.74. The summed E-state index contributed by atoms with van der Waals surface area (Å²) in [6, 6.07) is 15.1. The van der Waals surface area contributed by atoms with Crippen molar-refractivity contribution in [3.05, 3.63) is 69.7 Å². The van der Waals surface area contributed by atoms with Crippen molar-refractivity contribution in [2.45, 2.75) is 31.6 Å². The summed E-state index contributed by atoms with van der Waals surface area (Å²) in [7, 11) is -3.52. The summed E-state index contributed by atoms with van der Waals surface area (Å²) in [6.07, 6.45) is 2.12. The molecule has 1 amide bonds. The SMILES string of the molecule is Cc1ccc([C@@H](NC(=O)CS(=O)(=O)Cc2cccc(Br)c2)C2CC2)cc1. The van der Waals surface area contributed by atoms with Crippen molar-refractivity contribution >= 4 is 31.7 Å². The minimum atomic E-state index is -3.52. The van der Waals surface area contributed by atoms with E-state index < -0.39 is 21.5 Å². The van der Waals surface area contributed by atoms with E-state index in [-0.39, 0.29) is 11.8 Å². The molecule has 3 rings (SSSR count). The normalized spacial score (nSPS) is 15.5. The molecule has 1 fully saturated rings. The Balaban J connectivity index is 1.65. The quantitative estimate of drug-likeness (QED) is 0.715. The maximum atomic E-state index is 12.4. The molecule has 2 aromatic carbocycles. The lowest BCUT2D eigenvalue weighted by molar-refractivity contribution is -0.119. The van der Waals surface area contributed by atoms with Gasteiger partial charge in [-0.25, -0.2) is 8.42 Å². The van der Waals surface area contributed by atoms with Gasteiger partial charge in [0.1, 0.15) is 5.75 Å². The van der Waals surface area contributed by atoms with Crippen LogP contribution in [-0.4, -0.2) is 20.1 Å². The second kappa shape index (κ2) is 7.92. The molecule has 0 bridgehead atoms. The zero-order valence-corrected chi connectivity index (χ0v) is 17.0. The van der Waals surface area contributed by atoms with Gasteiger partial charge in [-0.2, -0.15) is 0 Å². The van der Waals surface area contributed by atoms with Gasteiger partial charge in [-0.15, -0.1) is 0 Å². The third-order valence-corrected chi connectivity index (χ3v) is 6.44. The first kappa shape index (κ1) is 19.1. The van der Waals surface area contributed by atoms with Crippen LogP contribution in [0.1, 0.15) is 35.6 Å². The van der Waals surface area contributed by atoms with Gasteiger partial charge in [0.05, 0.1) is 11.8 Å². The van der Waals surface area contributed by atoms with Crippen LogP contribution in [0, 0.1) is 12.8 Å². The molecule has 0 aromatic heterocycles. The standard InChI is InChI=1S/C20H22BrNO3S/c1-14-5-7-16(8-6-14)20(17-9-10-17)22-19(23)13-26(24,25)12-15-3-2-4-18(21)11-15/h2-8,11,17,20H,9-10,12-13H2,1H3,(H,22,23)/t20-/m1/s1. The third kappa shape index (κ3) is 5.42. The van der Waals surface area contributed by atoms with E-state index in [0.717, 1.165) is 28.4 Å². The lowest BCUT2D eigenvalue weighted by Crippen LogP contribution is -2.35. The number of carbonyl (C=O) groups is 1. The Bertz CT molecular complexity index is 890. The summed E-state index contributed by atoms with van der Waals surface area (Å²) >= 11 is 3.33. The molecular weight excluding hydrogens is 414 g/mol. The molecule has 1 aliphatic rings. The smallest absolute Gasteiger partial charge is 0.235 e. The number of carbonyl (C=O) groups excluding carboxylic acids is 1. The van der Waals surface area contributed by atoms with Crippen LogP contribution in [0.15, 0.2) is 53.0 Å². The van der Waals surface area contributed by atoms with E-state index in [4.69, 9.17) is 0 Å². The molecular formula is C20H22BrNO3S. The van der Waals surface area contributed by atoms with Crippen LogP contribution < -0.4 is 5.32 Å². The average molecular weight is 436 g/mol. The van der Waals surface area contributed by atoms with Gasteiger partial charge < -0.3 is 5.32 Å². The van der Waals surface area contributed by atoms with Crippen LogP contribution in [0.25, 0.3) is 0 Å². The van der Waals surface area contributed by atoms with Crippen molar-refractivity contribution in [1.29, 1.82) is 0 Å². The molecule has 1 N–H and O–H groups in total. The second-order valence-electron chi connectivity index (χ2n) is 6.96. The topological polar surface area (TPSA) is 63.2 Å². The van der Waals surface area contributed by atoms with Crippen molar-refractivity contribution in [3.8, 4) is 0 Å². The monoisotopic (exact) mass is 435 g/mol. The number of rotatable bonds is 7. The van der Waals surface area contributed by atoms with Gasteiger partial charge in [-0.1, -0.05) is 57.9 Å². The van der Waals surface area contributed by atoms with Crippen LogP contribution in [0.5, 0.6) is 0 Å². The molecule has 6 heteroatoms. The lowest BCUT2D eigenvalue weighted by atomic mass is 10.0. The fraction of sp³-hybridized carbons (Fsp3) is 0.350. The number of aryl methyl sites for hydroxylation is 1. The minimum absolute atomic E-state index is 0.107.